The van der Waals surface area contributed by atoms with Gasteiger partial charge in [0.25, 0.3) is 0 Å². The lowest BCUT2D eigenvalue weighted by atomic mass is 10.1. The highest BCUT2D eigenvalue weighted by atomic mass is 19.1. The van der Waals surface area contributed by atoms with E-state index in [4.69, 9.17) is 14.0 Å². The summed E-state index contributed by atoms with van der Waals surface area (Å²) < 4.78 is 30.0. The molecule has 2 heterocycles. The summed E-state index contributed by atoms with van der Waals surface area (Å²) in [6.07, 6.45) is 1.65. The fourth-order valence-electron chi connectivity index (χ4n) is 4.08. The Kier molecular flexibility index (Phi) is 7.57. The van der Waals surface area contributed by atoms with E-state index in [9.17, 15) is 4.39 Å². The Bertz CT molecular complexity index is 1060. The van der Waals surface area contributed by atoms with Crippen LogP contribution in [0, 0.1) is 12.7 Å². The molecule has 0 N–H and O–H groups in total. The summed E-state index contributed by atoms with van der Waals surface area (Å²) in [5.74, 6) is 2.51. The Hall–Kier alpha value is -2.97. The van der Waals surface area contributed by atoms with Crippen LogP contribution in [0.4, 0.5) is 4.39 Å². The van der Waals surface area contributed by atoms with Crippen LogP contribution in [0.25, 0.3) is 11.4 Å². The van der Waals surface area contributed by atoms with Crippen LogP contribution >= 0.6 is 0 Å². The second kappa shape index (κ2) is 10.8. The predicted molar refractivity (Wildman–Crippen MR) is 124 cm³/mol. The third-order valence-corrected chi connectivity index (χ3v) is 6.11. The van der Waals surface area contributed by atoms with Crippen molar-refractivity contribution in [3.8, 4) is 22.9 Å². The van der Waals surface area contributed by atoms with Crippen LogP contribution in [-0.2, 0) is 13.0 Å². The van der Waals surface area contributed by atoms with E-state index in [1.807, 2.05) is 18.2 Å². The zero-order valence-electron chi connectivity index (χ0n) is 19.5. The average Bonchev–Trinajstić information content (AvgIpc) is 3.31. The first kappa shape index (κ1) is 23.2. The lowest BCUT2D eigenvalue weighted by molar-refractivity contribution is 0.125. The van der Waals surface area contributed by atoms with E-state index in [1.54, 1.807) is 27.2 Å². The van der Waals surface area contributed by atoms with Crippen LogP contribution in [0.3, 0.4) is 0 Å². The summed E-state index contributed by atoms with van der Waals surface area (Å²) in [5, 5.41) is 4.01. The van der Waals surface area contributed by atoms with E-state index in [0.29, 0.717) is 29.3 Å². The molecular weight excluding hydrogens is 423 g/mol. The molecule has 0 aliphatic carbocycles. The highest BCUT2D eigenvalue weighted by Crippen LogP contribution is 2.26. The molecule has 0 atom stereocenters. The highest BCUT2D eigenvalue weighted by Gasteiger charge is 2.19. The number of piperazine rings is 1. The van der Waals surface area contributed by atoms with E-state index in [1.165, 1.54) is 6.07 Å². The molecule has 1 aliphatic rings. The number of ether oxygens (including phenoxy) is 2. The van der Waals surface area contributed by atoms with Crippen molar-refractivity contribution in [2.75, 3.05) is 46.9 Å². The molecule has 0 spiro atoms. The summed E-state index contributed by atoms with van der Waals surface area (Å²) in [6, 6.07) is 10.9. The molecule has 1 aromatic heterocycles. The van der Waals surface area contributed by atoms with E-state index < -0.39 is 0 Å². The third kappa shape index (κ3) is 5.89. The summed E-state index contributed by atoms with van der Waals surface area (Å²) in [4.78, 5) is 9.34. The van der Waals surface area contributed by atoms with Crippen molar-refractivity contribution in [3.05, 3.63) is 59.2 Å². The van der Waals surface area contributed by atoms with Crippen molar-refractivity contribution >= 4 is 0 Å². The van der Waals surface area contributed by atoms with Crippen LogP contribution in [-0.4, -0.2) is 66.9 Å². The second-order valence-electron chi connectivity index (χ2n) is 8.37. The van der Waals surface area contributed by atoms with Crippen LogP contribution in [0.2, 0.25) is 0 Å². The van der Waals surface area contributed by atoms with Crippen molar-refractivity contribution in [1.82, 2.24) is 19.9 Å². The molecule has 0 amide bonds. The monoisotopic (exact) mass is 454 g/mol. The standard InChI is InChI=1S/C25H31FN4O3/c1-18-6-7-19(16-22(18)26)25-27-24(33-28-25)5-4-10-29-11-13-30(14-12-29)17-20-15-21(31-2)8-9-23(20)32-3/h6-9,15-16H,4-5,10-14,17H2,1-3H3. The van der Waals surface area contributed by atoms with Crippen molar-refractivity contribution in [2.45, 2.75) is 26.3 Å². The Morgan fingerprint density at radius 3 is 2.52 bits per heavy atom. The molecule has 1 aliphatic heterocycles. The number of rotatable bonds is 9. The number of benzene rings is 2. The van der Waals surface area contributed by atoms with Gasteiger partial charge >= 0.3 is 0 Å². The van der Waals surface area contributed by atoms with Crippen molar-refractivity contribution in [3.63, 3.8) is 0 Å². The lowest BCUT2D eigenvalue weighted by Gasteiger charge is -2.34. The zero-order valence-corrected chi connectivity index (χ0v) is 19.5. The van der Waals surface area contributed by atoms with Crippen LogP contribution in [0.1, 0.15) is 23.4 Å². The first-order valence-electron chi connectivity index (χ1n) is 11.3. The van der Waals surface area contributed by atoms with E-state index in [2.05, 4.69) is 26.0 Å². The molecule has 2 aromatic carbocycles. The summed E-state index contributed by atoms with van der Waals surface area (Å²) >= 11 is 0. The van der Waals surface area contributed by atoms with Gasteiger partial charge in [-0.1, -0.05) is 17.3 Å². The largest absolute Gasteiger partial charge is 0.497 e. The van der Waals surface area contributed by atoms with Gasteiger partial charge in [-0.2, -0.15) is 4.98 Å². The second-order valence-corrected chi connectivity index (χ2v) is 8.37. The fraction of sp³-hybridized carbons (Fsp3) is 0.440. The number of nitrogens with zero attached hydrogens (tertiary/aromatic N) is 4. The maximum atomic E-state index is 13.8. The maximum absolute atomic E-state index is 13.8. The molecular formula is C25H31FN4O3. The molecule has 0 unspecified atom stereocenters. The van der Waals surface area contributed by atoms with Crippen molar-refractivity contribution in [1.29, 1.82) is 0 Å². The van der Waals surface area contributed by atoms with Gasteiger partial charge in [0, 0.05) is 50.3 Å². The normalized spacial score (nSPS) is 15.0. The topological polar surface area (TPSA) is 63.9 Å². The SMILES string of the molecule is COc1ccc(OC)c(CN2CCN(CCCc3nc(-c4ccc(C)c(F)c4)no3)CC2)c1. The molecule has 176 valence electrons. The Balaban J connectivity index is 1.22. The van der Waals surface area contributed by atoms with Gasteiger partial charge < -0.3 is 18.9 Å². The fourth-order valence-corrected chi connectivity index (χ4v) is 4.08. The predicted octanol–water partition coefficient (Wildman–Crippen LogP) is 3.95. The van der Waals surface area contributed by atoms with Crippen molar-refractivity contribution in [2.24, 2.45) is 0 Å². The van der Waals surface area contributed by atoms with Gasteiger partial charge in [0.15, 0.2) is 0 Å². The number of hydrogen-bond donors (Lipinski definition) is 0. The van der Waals surface area contributed by atoms with Gasteiger partial charge in [-0.15, -0.1) is 0 Å². The minimum absolute atomic E-state index is 0.261. The number of aromatic nitrogens is 2. The lowest BCUT2D eigenvalue weighted by Crippen LogP contribution is -2.46. The minimum atomic E-state index is -0.261. The van der Waals surface area contributed by atoms with E-state index in [-0.39, 0.29) is 5.82 Å². The molecule has 0 bridgehead atoms. The van der Waals surface area contributed by atoms with E-state index >= 15 is 0 Å². The first-order valence-corrected chi connectivity index (χ1v) is 11.3. The Morgan fingerprint density at radius 1 is 1.00 bits per heavy atom. The molecule has 8 heteroatoms. The number of aryl methyl sites for hydroxylation is 2. The maximum Gasteiger partial charge on any atom is 0.227 e. The van der Waals surface area contributed by atoms with Crippen LogP contribution in [0.5, 0.6) is 11.5 Å². The van der Waals surface area contributed by atoms with Crippen LogP contribution < -0.4 is 9.47 Å². The molecule has 7 nitrogen and oxygen atoms in total. The highest BCUT2D eigenvalue weighted by molar-refractivity contribution is 5.54. The molecule has 0 radical (unpaired) electrons. The molecule has 33 heavy (non-hydrogen) atoms. The van der Waals surface area contributed by atoms with Gasteiger partial charge in [0.1, 0.15) is 17.3 Å². The van der Waals surface area contributed by atoms with E-state index in [0.717, 1.165) is 62.8 Å². The van der Waals surface area contributed by atoms with Crippen LogP contribution in [0.15, 0.2) is 40.9 Å². The smallest absolute Gasteiger partial charge is 0.227 e. The van der Waals surface area contributed by atoms with Gasteiger partial charge in [-0.3, -0.25) is 4.90 Å². The quantitative estimate of drug-likeness (QED) is 0.485. The number of hydrogen-bond acceptors (Lipinski definition) is 7. The molecule has 4 rings (SSSR count). The van der Waals surface area contributed by atoms with Crippen molar-refractivity contribution < 1.29 is 18.4 Å². The molecule has 1 fully saturated rings. The summed E-state index contributed by atoms with van der Waals surface area (Å²) in [5.41, 5.74) is 2.38. The zero-order chi connectivity index (χ0) is 23.2. The summed E-state index contributed by atoms with van der Waals surface area (Å²) in [6.45, 7) is 7.60. The molecule has 0 saturated carbocycles. The van der Waals surface area contributed by atoms with Gasteiger partial charge in [0.05, 0.1) is 14.2 Å². The number of halogens is 1. The van der Waals surface area contributed by atoms with Gasteiger partial charge in [0.2, 0.25) is 11.7 Å². The van der Waals surface area contributed by atoms with Gasteiger partial charge in [-0.05, 0) is 49.7 Å². The Morgan fingerprint density at radius 2 is 1.79 bits per heavy atom. The number of methoxy groups -OCH3 is 2. The first-order chi connectivity index (χ1) is 16.1. The third-order valence-electron chi connectivity index (χ3n) is 6.11. The molecule has 3 aromatic rings. The Labute approximate surface area is 194 Å². The van der Waals surface area contributed by atoms with Gasteiger partial charge in [-0.25, -0.2) is 4.39 Å². The molecule has 1 saturated heterocycles. The average molecular weight is 455 g/mol. The summed E-state index contributed by atoms with van der Waals surface area (Å²) in [7, 11) is 3.39. The minimum Gasteiger partial charge on any atom is -0.497 e.